The molecule has 0 radical (unpaired) electrons. The van der Waals surface area contributed by atoms with E-state index in [1.54, 1.807) is 24.3 Å². The molecule has 146 valence electrons. The summed E-state index contributed by atoms with van der Waals surface area (Å²) in [6.07, 6.45) is -3.02. The van der Waals surface area contributed by atoms with Crippen LogP contribution in [0, 0.1) is 11.3 Å². The predicted octanol–water partition coefficient (Wildman–Crippen LogP) is 5.94. The number of hydrogen-bond acceptors (Lipinski definition) is 3. The van der Waals surface area contributed by atoms with Gasteiger partial charge >= 0.3 is 12.2 Å². The van der Waals surface area contributed by atoms with Gasteiger partial charge < -0.3 is 10.6 Å². The van der Waals surface area contributed by atoms with Crippen LogP contribution in [0.15, 0.2) is 60.8 Å². The van der Waals surface area contributed by atoms with Crippen LogP contribution < -0.4 is 10.6 Å². The summed E-state index contributed by atoms with van der Waals surface area (Å²) in [7, 11) is 0. The highest BCUT2D eigenvalue weighted by Gasteiger charge is 2.30. The lowest BCUT2D eigenvalue weighted by Gasteiger charge is -2.11. The lowest BCUT2D eigenvalue weighted by molar-refractivity contribution is -0.137. The monoisotopic (exact) mass is 416 g/mol. The standard InChI is InChI=1S/C20H12ClF3N4O/c21-17-8-9-26-18(16(17)11-25)12-4-6-14(7-5-12)27-19(29)28-15-3-1-2-13(10-15)20(22,23)24/h1-10H,(H2,27,28,29). The van der Waals surface area contributed by atoms with Crippen LogP contribution in [0.25, 0.3) is 11.3 Å². The van der Waals surface area contributed by atoms with Crippen molar-refractivity contribution >= 4 is 29.0 Å². The highest BCUT2D eigenvalue weighted by molar-refractivity contribution is 6.32. The Kier molecular flexibility index (Phi) is 5.71. The summed E-state index contributed by atoms with van der Waals surface area (Å²) in [6, 6.07) is 13.6. The molecular formula is C20H12ClF3N4O. The van der Waals surface area contributed by atoms with Crippen LogP contribution in [0.1, 0.15) is 11.1 Å². The van der Waals surface area contributed by atoms with Gasteiger partial charge in [0, 0.05) is 23.1 Å². The van der Waals surface area contributed by atoms with Crippen LogP contribution >= 0.6 is 11.6 Å². The van der Waals surface area contributed by atoms with E-state index in [2.05, 4.69) is 15.6 Å². The Balaban J connectivity index is 1.72. The maximum absolute atomic E-state index is 12.7. The number of nitrogens with zero attached hydrogens (tertiary/aromatic N) is 2. The fourth-order valence-corrected chi connectivity index (χ4v) is 2.73. The highest BCUT2D eigenvalue weighted by atomic mass is 35.5. The van der Waals surface area contributed by atoms with E-state index in [0.29, 0.717) is 16.9 Å². The Morgan fingerprint density at radius 1 is 1.03 bits per heavy atom. The second kappa shape index (κ2) is 8.20. The lowest BCUT2D eigenvalue weighted by atomic mass is 10.1. The third-order valence-electron chi connectivity index (χ3n) is 3.88. The van der Waals surface area contributed by atoms with Crippen LogP contribution in [0.3, 0.4) is 0 Å². The van der Waals surface area contributed by atoms with Crippen molar-refractivity contribution in [2.24, 2.45) is 0 Å². The van der Waals surface area contributed by atoms with Crippen molar-refractivity contribution in [2.45, 2.75) is 6.18 Å². The van der Waals surface area contributed by atoms with Gasteiger partial charge in [-0.15, -0.1) is 0 Å². The summed E-state index contributed by atoms with van der Waals surface area (Å²) in [4.78, 5) is 16.2. The smallest absolute Gasteiger partial charge is 0.308 e. The quantitative estimate of drug-likeness (QED) is 0.555. The molecule has 0 unspecified atom stereocenters. The van der Waals surface area contributed by atoms with Gasteiger partial charge in [-0.05, 0) is 36.4 Å². The molecule has 5 nitrogen and oxygen atoms in total. The zero-order chi connectivity index (χ0) is 21.0. The van der Waals surface area contributed by atoms with Gasteiger partial charge in [-0.25, -0.2) is 4.79 Å². The molecule has 1 aromatic heterocycles. The molecule has 3 rings (SSSR count). The molecule has 0 atom stereocenters. The first-order chi connectivity index (χ1) is 13.8. The molecule has 0 saturated carbocycles. The van der Waals surface area contributed by atoms with Crippen molar-refractivity contribution in [3.63, 3.8) is 0 Å². The van der Waals surface area contributed by atoms with E-state index in [9.17, 15) is 23.2 Å². The van der Waals surface area contributed by atoms with Crippen molar-refractivity contribution in [1.82, 2.24) is 4.98 Å². The van der Waals surface area contributed by atoms with Crippen LogP contribution in [0.2, 0.25) is 5.02 Å². The molecule has 9 heteroatoms. The number of pyridine rings is 1. The number of alkyl halides is 3. The predicted molar refractivity (Wildman–Crippen MR) is 103 cm³/mol. The Morgan fingerprint density at radius 2 is 1.72 bits per heavy atom. The molecule has 0 aliphatic heterocycles. The normalized spacial score (nSPS) is 10.9. The Morgan fingerprint density at radius 3 is 2.38 bits per heavy atom. The number of carbonyl (C=O) groups excluding carboxylic acids is 1. The minimum absolute atomic E-state index is 0.00994. The molecule has 29 heavy (non-hydrogen) atoms. The van der Waals surface area contributed by atoms with E-state index in [0.717, 1.165) is 12.1 Å². The Labute approximate surface area is 168 Å². The Hall–Kier alpha value is -3.57. The first-order valence-corrected chi connectivity index (χ1v) is 8.56. The van der Waals surface area contributed by atoms with Crippen LogP contribution in [0.5, 0.6) is 0 Å². The zero-order valence-corrected chi connectivity index (χ0v) is 15.3. The third kappa shape index (κ3) is 4.83. The zero-order valence-electron chi connectivity index (χ0n) is 14.6. The molecular weight excluding hydrogens is 405 g/mol. The van der Waals surface area contributed by atoms with E-state index in [1.165, 1.54) is 24.4 Å². The van der Waals surface area contributed by atoms with Crippen LogP contribution in [0.4, 0.5) is 29.3 Å². The molecule has 2 amide bonds. The summed E-state index contributed by atoms with van der Waals surface area (Å²) in [5, 5.41) is 14.4. The largest absolute Gasteiger partial charge is 0.416 e. The third-order valence-corrected chi connectivity index (χ3v) is 4.19. The topological polar surface area (TPSA) is 77.8 Å². The number of benzene rings is 2. The van der Waals surface area contributed by atoms with Gasteiger partial charge in [0.2, 0.25) is 0 Å². The highest BCUT2D eigenvalue weighted by Crippen LogP contribution is 2.31. The molecule has 2 N–H and O–H groups in total. The average molecular weight is 417 g/mol. The number of anilines is 2. The van der Waals surface area contributed by atoms with Crippen molar-refractivity contribution in [2.75, 3.05) is 10.6 Å². The molecule has 1 heterocycles. The second-order valence-corrected chi connectivity index (χ2v) is 6.27. The van der Waals surface area contributed by atoms with E-state index >= 15 is 0 Å². The molecule has 0 spiro atoms. The molecule has 3 aromatic rings. The van der Waals surface area contributed by atoms with Gasteiger partial charge in [-0.1, -0.05) is 29.8 Å². The van der Waals surface area contributed by atoms with E-state index in [4.69, 9.17) is 11.6 Å². The minimum atomic E-state index is -4.50. The maximum atomic E-state index is 12.7. The van der Waals surface area contributed by atoms with Gasteiger partial charge in [0.15, 0.2) is 0 Å². The number of carbonyl (C=O) groups is 1. The Bertz CT molecular complexity index is 1090. The molecule has 0 aliphatic rings. The first-order valence-electron chi connectivity index (χ1n) is 8.18. The molecule has 0 fully saturated rings. The lowest BCUT2D eigenvalue weighted by Crippen LogP contribution is -2.19. The van der Waals surface area contributed by atoms with Gasteiger partial charge in [0.05, 0.1) is 21.8 Å². The maximum Gasteiger partial charge on any atom is 0.416 e. The summed E-state index contributed by atoms with van der Waals surface area (Å²) < 4.78 is 38.2. The number of nitriles is 1. The number of hydrogen-bond donors (Lipinski definition) is 2. The van der Waals surface area contributed by atoms with Crippen molar-refractivity contribution in [1.29, 1.82) is 5.26 Å². The number of nitrogens with one attached hydrogen (secondary N) is 2. The van der Waals surface area contributed by atoms with Crippen LogP contribution in [-0.2, 0) is 6.18 Å². The summed E-state index contributed by atoms with van der Waals surface area (Å²) in [6.45, 7) is 0. The summed E-state index contributed by atoms with van der Waals surface area (Å²) >= 11 is 6.00. The number of rotatable bonds is 3. The van der Waals surface area contributed by atoms with Gasteiger partial charge in [-0.3, -0.25) is 4.98 Å². The van der Waals surface area contributed by atoms with E-state index < -0.39 is 17.8 Å². The van der Waals surface area contributed by atoms with Gasteiger partial charge in [-0.2, -0.15) is 18.4 Å². The number of urea groups is 1. The van der Waals surface area contributed by atoms with E-state index in [1.807, 2.05) is 6.07 Å². The summed E-state index contributed by atoms with van der Waals surface area (Å²) in [5.41, 5.74) is 0.807. The summed E-state index contributed by atoms with van der Waals surface area (Å²) in [5.74, 6) is 0. The fraction of sp³-hybridized carbons (Fsp3) is 0.0500. The first kappa shape index (κ1) is 20.2. The number of amides is 2. The number of halogens is 4. The minimum Gasteiger partial charge on any atom is -0.308 e. The van der Waals surface area contributed by atoms with Crippen molar-refractivity contribution in [3.8, 4) is 17.3 Å². The van der Waals surface area contributed by atoms with Gasteiger partial charge in [0.1, 0.15) is 6.07 Å². The van der Waals surface area contributed by atoms with Crippen LogP contribution in [-0.4, -0.2) is 11.0 Å². The van der Waals surface area contributed by atoms with Crippen molar-refractivity contribution in [3.05, 3.63) is 76.9 Å². The SMILES string of the molecule is N#Cc1c(Cl)ccnc1-c1ccc(NC(=O)Nc2cccc(C(F)(F)F)c2)cc1. The molecule has 0 aliphatic carbocycles. The number of aromatic nitrogens is 1. The molecule has 0 saturated heterocycles. The van der Waals surface area contributed by atoms with Gasteiger partial charge in [0.25, 0.3) is 0 Å². The average Bonchev–Trinajstić information content (AvgIpc) is 2.68. The second-order valence-electron chi connectivity index (χ2n) is 5.86. The molecule has 0 bridgehead atoms. The fourth-order valence-electron chi connectivity index (χ4n) is 2.54. The molecule has 2 aromatic carbocycles. The van der Waals surface area contributed by atoms with E-state index in [-0.39, 0.29) is 16.3 Å². The van der Waals surface area contributed by atoms with Crippen molar-refractivity contribution < 1.29 is 18.0 Å².